The highest BCUT2D eigenvalue weighted by molar-refractivity contribution is 6.02. The molecule has 142 valence electrons. The number of hydrogen-bond donors (Lipinski definition) is 2. The minimum Gasteiger partial charge on any atom is -0.497 e. The summed E-state index contributed by atoms with van der Waals surface area (Å²) in [6.45, 7) is 1.57. The molecule has 2 aromatic carbocycles. The van der Waals surface area contributed by atoms with Gasteiger partial charge in [0.25, 0.3) is 5.91 Å². The first-order valence-electron chi connectivity index (χ1n) is 7.68. The molecule has 0 aliphatic carbocycles. The molecule has 0 fully saturated rings. The quantitative estimate of drug-likeness (QED) is 0.618. The minimum absolute atomic E-state index is 0.0384. The van der Waals surface area contributed by atoms with Crippen molar-refractivity contribution in [2.45, 2.75) is 13.1 Å². The first kappa shape index (κ1) is 20.0. The predicted molar refractivity (Wildman–Crippen MR) is 93.8 cm³/mol. The van der Waals surface area contributed by atoms with E-state index >= 15 is 0 Å². The van der Waals surface area contributed by atoms with Crippen LogP contribution in [0.15, 0.2) is 53.6 Å². The molecule has 0 aromatic heterocycles. The molecule has 0 unspecified atom stereocenters. The van der Waals surface area contributed by atoms with Gasteiger partial charge in [-0.25, -0.2) is 5.43 Å². The number of benzene rings is 2. The largest absolute Gasteiger partial charge is 0.497 e. The summed E-state index contributed by atoms with van der Waals surface area (Å²) in [5.74, 6) is -2.04. The SMILES string of the molecule is COc1cccc(C(=O)NN=C(C)c2cccc(NC(=O)C(F)(F)F)c2)c1. The highest BCUT2D eigenvalue weighted by atomic mass is 19.4. The number of hydrazone groups is 1. The molecule has 0 aliphatic rings. The second-order valence-corrected chi connectivity index (χ2v) is 5.40. The number of ether oxygens (including phenoxy) is 1. The second-order valence-electron chi connectivity index (χ2n) is 5.40. The Morgan fingerprint density at radius 3 is 2.37 bits per heavy atom. The molecule has 2 aromatic rings. The molecule has 0 saturated carbocycles. The molecular formula is C18H16F3N3O3. The summed E-state index contributed by atoms with van der Waals surface area (Å²) in [6.07, 6.45) is -4.98. The highest BCUT2D eigenvalue weighted by Crippen LogP contribution is 2.19. The molecule has 2 N–H and O–H groups in total. The molecule has 2 amide bonds. The Morgan fingerprint density at radius 2 is 1.70 bits per heavy atom. The monoisotopic (exact) mass is 379 g/mol. The summed E-state index contributed by atoms with van der Waals surface area (Å²) in [4.78, 5) is 23.1. The maximum atomic E-state index is 12.3. The van der Waals surface area contributed by atoms with E-state index in [4.69, 9.17) is 4.74 Å². The Hall–Kier alpha value is -3.36. The van der Waals surface area contributed by atoms with E-state index in [9.17, 15) is 22.8 Å². The standard InChI is InChI=1S/C18H16F3N3O3/c1-11(23-24-16(25)13-6-4-8-15(10-13)27-2)12-5-3-7-14(9-12)22-17(26)18(19,20)21/h3-10H,1-2H3,(H,22,26)(H,24,25). The van der Waals surface area contributed by atoms with Gasteiger partial charge in [-0.3, -0.25) is 9.59 Å². The van der Waals surface area contributed by atoms with Crippen LogP contribution in [0, 0.1) is 0 Å². The van der Waals surface area contributed by atoms with Crippen molar-refractivity contribution in [2.75, 3.05) is 12.4 Å². The fourth-order valence-corrected chi connectivity index (χ4v) is 2.05. The average molecular weight is 379 g/mol. The Bertz CT molecular complexity index is 879. The van der Waals surface area contributed by atoms with Gasteiger partial charge in [-0.05, 0) is 42.8 Å². The normalized spacial score (nSPS) is 11.7. The topological polar surface area (TPSA) is 79.8 Å². The van der Waals surface area contributed by atoms with Crippen LogP contribution in [0.2, 0.25) is 0 Å². The van der Waals surface area contributed by atoms with Gasteiger partial charge in [-0.1, -0.05) is 18.2 Å². The number of carbonyl (C=O) groups excluding carboxylic acids is 2. The molecule has 9 heteroatoms. The Morgan fingerprint density at radius 1 is 1.04 bits per heavy atom. The van der Waals surface area contributed by atoms with Crippen LogP contribution in [0.1, 0.15) is 22.8 Å². The average Bonchev–Trinajstić information content (AvgIpc) is 2.65. The first-order chi connectivity index (χ1) is 12.7. The van der Waals surface area contributed by atoms with E-state index in [-0.39, 0.29) is 5.69 Å². The Balaban J connectivity index is 2.10. The van der Waals surface area contributed by atoms with Gasteiger partial charge >= 0.3 is 12.1 Å². The lowest BCUT2D eigenvalue weighted by Crippen LogP contribution is -2.29. The van der Waals surface area contributed by atoms with Gasteiger partial charge < -0.3 is 10.1 Å². The maximum absolute atomic E-state index is 12.3. The van der Waals surface area contributed by atoms with Gasteiger partial charge in [-0.2, -0.15) is 18.3 Å². The number of anilines is 1. The van der Waals surface area contributed by atoms with E-state index in [1.807, 2.05) is 0 Å². The van der Waals surface area contributed by atoms with E-state index in [2.05, 4.69) is 10.5 Å². The van der Waals surface area contributed by atoms with Crippen LogP contribution in [-0.4, -0.2) is 30.8 Å². The number of carbonyl (C=O) groups is 2. The van der Waals surface area contributed by atoms with Gasteiger partial charge in [0.15, 0.2) is 0 Å². The molecule has 0 heterocycles. The lowest BCUT2D eigenvalue weighted by Gasteiger charge is -2.09. The van der Waals surface area contributed by atoms with Crippen LogP contribution in [0.5, 0.6) is 5.75 Å². The number of alkyl halides is 3. The maximum Gasteiger partial charge on any atom is 0.471 e. The van der Waals surface area contributed by atoms with Crippen LogP contribution >= 0.6 is 0 Å². The van der Waals surface area contributed by atoms with Crippen LogP contribution in [-0.2, 0) is 4.79 Å². The van der Waals surface area contributed by atoms with Crippen LogP contribution in [0.3, 0.4) is 0 Å². The predicted octanol–water partition coefficient (Wildman–Crippen LogP) is 3.35. The second kappa shape index (κ2) is 8.35. The summed E-state index contributed by atoms with van der Waals surface area (Å²) in [7, 11) is 1.48. The number of halogens is 3. The fraction of sp³-hybridized carbons (Fsp3) is 0.167. The lowest BCUT2D eigenvalue weighted by atomic mass is 10.1. The molecule has 0 atom stereocenters. The third-order valence-electron chi connectivity index (χ3n) is 3.45. The minimum atomic E-state index is -4.98. The van der Waals surface area contributed by atoms with Crippen LogP contribution < -0.4 is 15.5 Å². The summed E-state index contributed by atoms with van der Waals surface area (Å²) in [6, 6.07) is 12.1. The fourth-order valence-electron chi connectivity index (χ4n) is 2.05. The summed E-state index contributed by atoms with van der Waals surface area (Å²) in [5.41, 5.74) is 3.42. The van der Waals surface area contributed by atoms with E-state index in [1.165, 1.54) is 31.4 Å². The van der Waals surface area contributed by atoms with Crippen molar-refractivity contribution in [2.24, 2.45) is 5.10 Å². The smallest absolute Gasteiger partial charge is 0.471 e. The molecule has 27 heavy (non-hydrogen) atoms. The number of amides is 2. The van der Waals surface area contributed by atoms with E-state index in [0.29, 0.717) is 22.6 Å². The van der Waals surface area contributed by atoms with Crippen molar-refractivity contribution in [3.8, 4) is 5.75 Å². The number of nitrogens with one attached hydrogen (secondary N) is 2. The van der Waals surface area contributed by atoms with E-state index in [1.54, 1.807) is 36.5 Å². The van der Waals surface area contributed by atoms with Crippen molar-refractivity contribution in [3.05, 3.63) is 59.7 Å². The third-order valence-corrected chi connectivity index (χ3v) is 3.45. The molecular weight excluding hydrogens is 363 g/mol. The van der Waals surface area contributed by atoms with E-state index < -0.39 is 18.0 Å². The van der Waals surface area contributed by atoms with Crippen molar-refractivity contribution in [1.82, 2.24) is 5.43 Å². The van der Waals surface area contributed by atoms with Crippen molar-refractivity contribution in [3.63, 3.8) is 0 Å². The van der Waals surface area contributed by atoms with Gasteiger partial charge in [0.1, 0.15) is 5.75 Å². The first-order valence-corrected chi connectivity index (χ1v) is 7.68. The van der Waals surface area contributed by atoms with Crippen molar-refractivity contribution in [1.29, 1.82) is 0 Å². The molecule has 0 bridgehead atoms. The lowest BCUT2D eigenvalue weighted by molar-refractivity contribution is -0.167. The summed E-state index contributed by atoms with van der Waals surface area (Å²) in [5, 5.41) is 5.70. The molecule has 0 saturated heterocycles. The van der Waals surface area contributed by atoms with Crippen LogP contribution in [0.4, 0.5) is 18.9 Å². The van der Waals surface area contributed by atoms with Gasteiger partial charge in [0.2, 0.25) is 0 Å². The zero-order valence-corrected chi connectivity index (χ0v) is 14.4. The zero-order chi connectivity index (χ0) is 20.0. The molecule has 6 nitrogen and oxygen atoms in total. The highest BCUT2D eigenvalue weighted by Gasteiger charge is 2.38. The third kappa shape index (κ3) is 5.56. The molecule has 0 radical (unpaired) electrons. The Kier molecular flexibility index (Phi) is 6.17. The molecule has 0 spiro atoms. The number of nitrogens with zero attached hydrogens (tertiary/aromatic N) is 1. The number of rotatable bonds is 5. The van der Waals surface area contributed by atoms with Gasteiger partial charge in [0, 0.05) is 11.3 Å². The zero-order valence-electron chi connectivity index (χ0n) is 14.4. The van der Waals surface area contributed by atoms with Crippen molar-refractivity contribution >= 4 is 23.2 Å². The molecule has 2 rings (SSSR count). The Labute approximate surface area is 153 Å². The number of hydrogen-bond acceptors (Lipinski definition) is 4. The number of methoxy groups -OCH3 is 1. The molecule has 0 aliphatic heterocycles. The van der Waals surface area contributed by atoms with Gasteiger partial charge in [0.05, 0.1) is 12.8 Å². The van der Waals surface area contributed by atoms with E-state index in [0.717, 1.165) is 0 Å². The van der Waals surface area contributed by atoms with Crippen molar-refractivity contribution < 1.29 is 27.5 Å². The van der Waals surface area contributed by atoms with Crippen LogP contribution in [0.25, 0.3) is 0 Å². The summed E-state index contributed by atoms with van der Waals surface area (Å²) >= 11 is 0. The summed E-state index contributed by atoms with van der Waals surface area (Å²) < 4.78 is 42.0. The van der Waals surface area contributed by atoms with Gasteiger partial charge in [-0.15, -0.1) is 0 Å².